The molecular formula is C9H8N4OS2. The Labute approximate surface area is 102 Å². The predicted octanol–water partition coefficient (Wildman–Crippen LogP) is 1.94. The summed E-state index contributed by atoms with van der Waals surface area (Å²) in [4.78, 5) is 4.02. The third kappa shape index (κ3) is 2.50. The Balaban J connectivity index is 2.17. The van der Waals surface area contributed by atoms with Crippen molar-refractivity contribution >= 4 is 33.9 Å². The van der Waals surface area contributed by atoms with Crippen molar-refractivity contribution in [1.82, 2.24) is 15.2 Å². The van der Waals surface area contributed by atoms with Gasteiger partial charge in [0.2, 0.25) is 5.13 Å². The average Bonchev–Trinajstić information content (AvgIpc) is 2.78. The summed E-state index contributed by atoms with van der Waals surface area (Å²) in [5.74, 6) is 0. The highest BCUT2D eigenvalue weighted by atomic mass is 32.1. The zero-order valence-corrected chi connectivity index (χ0v) is 10.0. The van der Waals surface area contributed by atoms with E-state index < -0.39 is 0 Å². The maximum absolute atomic E-state index is 4.86. The van der Waals surface area contributed by atoms with Crippen LogP contribution < -0.4 is 5.32 Å². The molecule has 0 spiro atoms. The van der Waals surface area contributed by atoms with Crippen LogP contribution >= 0.6 is 23.6 Å². The molecule has 0 atom stereocenters. The molecule has 2 heterocycles. The van der Waals surface area contributed by atoms with Gasteiger partial charge in [0.1, 0.15) is 0 Å². The van der Waals surface area contributed by atoms with Gasteiger partial charge < -0.3 is 4.74 Å². The van der Waals surface area contributed by atoms with Crippen molar-refractivity contribution in [3.05, 3.63) is 24.5 Å². The summed E-state index contributed by atoms with van der Waals surface area (Å²) in [6.45, 7) is 0. The molecule has 16 heavy (non-hydrogen) atoms. The van der Waals surface area contributed by atoms with E-state index in [1.54, 1.807) is 12.4 Å². The van der Waals surface area contributed by atoms with Crippen molar-refractivity contribution in [3.8, 4) is 10.6 Å². The Hall–Kier alpha value is -1.60. The molecule has 82 valence electrons. The number of ether oxygens (including phenoxy) is 1. The molecule has 2 rings (SSSR count). The molecule has 0 saturated carbocycles. The number of aromatic nitrogens is 3. The smallest absolute Gasteiger partial charge is 0.262 e. The van der Waals surface area contributed by atoms with Crippen LogP contribution in [0.2, 0.25) is 0 Å². The molecule has 0 aliphatic heterocycles. The quantitative estimate of drug-likeness (QED) is 0.824. The topological polar surface area (TPSA) is 59.9 Å². The fraction of sp³-hybridized carbons (Fsp3) is 0.111. The van der Waals surface area contributed by atoms with Gasteiger partial charge in [0.15, 0.2) is 5.01 Å². The van der Waals surface area contributed by atoms with E-state index in [0.29, 0.717) is 5.13 Å². The van der Waals surface area contributed by atoms with E-state index in [0.717, 1.165) is 10.6 Å². The van der Waals surface area contributed by atoms with Gasteiger partial charge in [-0.15, -0.1) is 10.2 Å². The second-order valence-corrected chi connectivity index (χ2v) is 4.12. The first-order chi connectivity index (χ1) is 7.79. The molecule has 2 aromatic rings. The van der Waals surface area contributed by atoms with E-state index in [9.17, 15) is 0 Å². The van der Waals surface area contributed by atoms with Gasteiger partial charge in [0.25, 0.3) is 5.17 Å². The van der Waals surface area contributed by atoms with Crippen molar-refractivity contribution in [2.24, 2.45) is 0 Å². The Morgan fingerprint density at radius 2 is 2.38 bits per heavy atom. The summed E-state index contributed by atoms with van der Waals surface area (Å²) in [6, 6.07) is 3.77. The minimum absolute atomic E-state index is 0.272. The summed E-state index contributed by atoms with van der Waals surface area (Å²) >= 11 is 6.25. The van der Waals surface area contributed by atoms with Crippen LogP contribution in [0.1, 0.15) is 0 Å². The van der Waals surface area contributed by atoms with Crippen molar-refractivity contribution in [2.75, 3.05) is 12.4 Å². The number of thiocarbonyl (C=S) groups is 1. The van der Waals surface area contributed by atoms with Gasteiger partial charge in [-0.2, -0.15) is 0 Å². The molecule has 0 aliphatic rings. The molecule has 0 radical (unpaired) electrons. The first-order valence-electron chi connectivity index (χ1n) is 4.38. The molecule has 0 aromatic carbocycles. The number of nitrogens with one attached hydrogen (secondary N) is 1. The molecule has 0 aliphatic carbocycles. The molecule has 2 aromatic heterocycles. The predicted molar refractivity (Wildman–Crippen MR) is 66.4 cm³/mol. The normalized spacial score (nSPS) is 9.81. The molecule has 0 unspecified atom stereocenters. The first-order valence-corrected chi connectivity index (χ1v) is 5.61. The van der Waals surface area contributed by atoms with Crippen molar-refractivity contribution in [3.63, 3.8) is 0 Å². The van der Waals surface area contributed by atoms with E-state index in [1.165, 1.54) is 18.4 Å². The minimum Gasteiger partial charge on any atom is -0.474 e. The van der Waals surface area contributed by atoms with Crippen LogP contribution in [0.15, 0.2) is 24.5 Å². The van der Waals surface area contributed by atoms with Crippen LogP contribution in [0.4, 0.5) is 5.13 Å². The minimum atomic E-state index is 0.272. The highest BCUT2D eigenvalue weighted by molar-refractivity contribution is 7.80. The molecule has 7 heteroatoms. The number of pyridine rings is 1. The standard InChI is InChI=1S/C9H8N4OS2/c1-14-9(15)11-8-13-12-7(16-8)6-3-2-4-10-5-6/h2-5H,1H3,(H,11,13,15). The highest BCUT2D eigenvalue weighted by Crippen LogP contribution is 2.25. The summed E-state index contributed by atoms with van der Waals surface area (Å²) in [5, 5.41) is 12.4. The molecular weight excluding hydrogens is 244 g/mol. The highest BCUT2D eigenvalue weighted by Gasteiger charge is 2.07. The zero-order chi connectivity index (χ0) is 11.4. The Kier molecular flexibility index (Phi) is 3.37. The van der Waals surface area contributed by atoms with E-state index in [2.05, 4.69) is 20.5 Å². The fourth-order valence-corrected chi connectivity index (χ4v) is 1.91. The second kappa shape index (κ2) is 4.95. The van der Waals surface area contributed by atoms with E-state index in [1.807, 2.05) is 12.1 Å². The van der Waals surface area contributed by atoms with E-state index in [4.69, 9.17) is 17.0 Å². The van der Waals surface area contributed by atoms with Gasteiger partial charge in [0.05, 0.1) is 7.11 Å². The lowest BCUT2D eigenvalue weighted by Crippen LogP contribution is -2.10. The van der Waals surface area contributed by atoms with Gasteiger partial charge in [-0.1, -0.05) is 11.3 Å². The van der Waals surface area contributed by atoms with E-state index >= 15 is 0 Å². The molecule has 0 saturated heterocycles. The maximum Gasteiger partial charge on any atom is 0.262 e. The number of methoxy groups -OCH3 is 1. The van der Waals surface area contributed by atoms with Crippen LogP contribution in [0.5, 0.6) is 0 Å². The third-order valence-electron chi connectivity index (χ3n) is 1.73. The van der Waals surface area contributed by atoms with Crippen molar-refractivity contribution in [2.45, 2.75) is 0 Å². The van der Waals surface area contributed by atoms with Crippen LogP contribution in [-0.2, 0) is 4.74 Å². The maximum atomic E-state index is 4.86. The SMILES string of the molecule is COC(=S)Nc1nnc(-c2cccnc2)s1. The second-order valence-electron chi connectivity index (χ2n) is 2.77. The van der Waals surface area contributed by atoms with Crippen LogP contribution in [0.3, 0.4) is 0 Å². The van der Waals surface area contributed by atoms with Crippen LogP contribution in [0, 0.1) is 0 Å². The molecule has 0 bridgehead atoms. The average molecular weight is 252 g/mol. The largest absolute Gasteiger partial charge is 0.474 e. The van der Waals surface area contributed by atoms with Crippen molar-refractivity contribution < 1.29 is 4.74 Å². The Morgan fingerprint density at radius 1 is 1.50 bits per heavy atom. The van der Waals surface area contributed by atoms with Gasteiger partial charge in [0, 0.05) is 18.0 Å². The lowest BCUT2D eigenvalue weighted by Gasteiger charge is -1.99. The van der Waals surface area contributed by atoms with Crippen LogP contribution in [0.25, 0.3) is 10.6 Å². The fourth-order valence-electron chi connectivity index (χ4n) is 1.02. The summed E-state index contributed by atoms with van der Waals surface area (Å²) in [7, 11) is 1.50. The van der Waals surface area contributed by atoms with Crippen LogP contribution in [-0.4, -0.2) is 27.5 Å². The third-order valence-corrected chi connectivity index (χ3v) is 2.88. The van der Waals surface area contributed by atoms with Crippen molar-refractivity contribution in [1.29, 1.82) is 0 Å². The molecule has 1 N–H and O–H groups in total. The zero-order valence-electron chi connectivity index (χ0n) is 8.38. The number of nitrogens with zero attached hydrogens (tertiary/aromatic N) is 3. The molecule has 0 amide bonds. The summed E-state index contributed by atoms with van der Waals surface area (Å²) in [5.41, 5.74) is 0.927. The van der Waals surface area contributed by atoms with Gasteiger partial charge in [-0.3, -0.25) is 10.3 Å². The lowest BCUT2D eigenvalue weighted by atomic mass is 10.3. The number of anilines is 1. The Bertz CT molecular complexity index is 485. The summed E-state index contributed by atoms with van der Waals surface area (Å²) < 4.78 is 4.82. The summed E-state index contributed by atoms with van der Waals surface area (Å²) in [6.07, 6.45) is 3.45. The van der Waals surface area contributed by atoms with E-state index in [-0.39, 0.29) is 5.17 Å². The Morgan fingerprint density at radius 3 is 3.06 bits per heavy atom. The number of hydrogen-bond donors (Lipinski definition) is 1. The molecule has 0 fully saturated rings. The lowest BCUT2D eigenvalue weighted by molar-refractivity contribution is 0.413. The first kappa shape index (κ1) is 10.9. The van der Waals surface area contributed by atoms with Gasteiger partial charge >= 0.3 is 0 Å². The van der Waals surface area contributed by atoms with Gasteiger partial charge in [-0.25, -0.2) is 0 Å². The molecule has 5 nitrogen and oxygen atoms in total. The van der Waals surface area contributed by atoms with Gasteiger partial charge in [-0.05, 0) is 24.4 Å². The monoisotopic (exact) mass is 252 g/mol. The number of rotatable bonds is 2. The number of hydrogen-bond acceptors (Lipinski definition) is 6.